The van der Waals surface area contributed by atoms with Gasteiger partial charge in [-0.25, -0.2) is 0 Å². The minimum Gasteiger partial charge on any atom is -0.409 e. The fraction of sp³-hybridized carbons (Fsp3) is 0.846. The van der Waals surface area contributed by atoms with Gasteiger partial charge in [-0.1, -0.05) is 11.6 Å². The zero-order valence-corrected chi connectivity index (χ0v) is 10.9. The first kappa shape index (κ1) is 13.2. The van der Waals surface area contributed by atoms with E-state index < -0.39 is 0 Å². The van der Waals surface area contributed by atoms with E-state index in [1.54, 1.807) is 0 Å². The molecule has 5 heteroatoms. The molecule has 0 spiro atoms. The number of amidine groups is 1. The zero-order valence-electron chi connectivity index (χ0n) is 10.9. The van der Waals surface area contributed by atoms with Gasteiger partial charge in [0.2, 0.25) is 5.91 Å². The van der Waals surface area contributed by atoms with Crippen molar-refractivity contribution in [1.29, 1.82) is 0 Å². The van der Waals surface area contributed by atoms with Crippen LogP contribution in [0.5, 0.6) is 0 Å². The molecule has 2 fully saturated rings. The summed E-state index contributed by atoms with van der Waals surface area (Å²) in [5, 5.41) is 14.3. The molecule has 5 nitrogen and oxygen atoms in total. The molecule has 1 amide bonds. The Morgan fingerprint density at radius 1 is 1.50 bits per heavy atom. The third-order valence-electron chi connectivity index (χ3n) is 4.38. The van der Waals surface area contributed by atoms with E-state index in [9.17, 15) is 4.79 Å². The number of hydrogen-bond donors (Lipinski definition) is 3. The number of hydrogen-bond acceptors (Lipinski definition) is 3. The van der Waals surface area contributed by atoms with Crippen molar-refractivity contribution in [2.75, 3.05) is 0 Å². The summed E-state index contributed by atoms with van der Waals surface area (Å²) in [4.78, 5) is 11.9. The zero-order chi connectivity index (χ0) is 13.1. The highest BCUT2D eigenvalue weighted by Crippen LogP contribution is 2.49. The largest absolute Gasteiger partial charge is 0.409 e. The third-order valence-corrected chi connectivity index (χ3v) is 4.38. The van der Waals surface area contributed by atoms with Crippen LogP contribution in [-0.4, -0.2) is 23.0 Å². The van der Waals surface area contributed by atoms with E-state index in [-0.39, 0.29) is 17.8 Å². The molecule has 4 N–H and O–H groups in total. The van der Waals surface area contributed by atoms with Gasteiger partial charge in [-0.05, 0) is 43.9 Å². The number of carbonyl (C=O) groups excluding carboxylic acids is 1. The molecule has 0 aromatic heterocycles. The van der Waals surface area contributed by atoms with E-state index in [4.69, 9.17) is 10.9 Å². The molecule has 2 saturated carbocycles. The van der Waals surface area contributed by atoms with Crippen LogP contribution in [0, 0.1) is 17.8 Å². The normalized spacial score (nSPS) is 32.5. The highest BCUT2D eigenvalue weighted by molar-refractivity contribution is 5.82. The van der Waals surface area contributed by atoms with Gasteiger partial charge in [0.1, 0.15) is 5.84 Å². The van der Waals surface area contributed by atoms with Gasteiger partial charge in [0.25, 0.3) is 0 Å². The van der Waals surface area contributed by atoms with Crippen LogP contribution in [0.1, 0.15) is 45.4 Å². The van der Waals surface area contributed by atoms with E-state index in [1.165, 1.54) is 25.7 Å². The highest BCUT2D eigenvalue weighted by Gasteiger charge is 2.40. The van der Waals surface area contributed by atoms with Crippen molar-refractivity contribution in [3.8, 4) is 0 Å². The van der Waals surface area contributed by atoms with Crippen molar-refractivity contribution in [3.63, 3.8) is 0 Å². The molecule has 4 unspecified atom stereocenters. The summed E-state index contributed by atoms with van der Waals surface area (Å²) in [6.45, 7) is 1.87. The number of nitrogens with two attached hydrogens (primary N) is 1. The number of rotatable bonds is 5. The van der Waals surface area contributed by atoms with Crippen LogP contribution in [0.4, 0.5) is 0 Å². The predicted molar refractivity (Wildman–Crippen MR) is 69.2 cm³/mol. The molecular formula is C13H23N3O2. The van der Waals surface area contributed by atoms with Crippen LogP contribution < -0.4 is 11.1 Å². The summed E-state index contributed by atoms with van der Waals surface area (Å²) in [6.07, 6.45) is 6.26. The summed E-state index contributed by atoms with van der Waals surface area (Å²) in [6, 6.07) is -0.0769. The van der Waals surface area contributed by atoms with Crippen LogP contribution >= 0.6 is 0 Å². The van der Waals surface area contributed by atoms with Crippen molar-refractivity contribution < 1.29 is 10.0 Å². The summed E-state index contributed by atoms with van der Waals surface area (Å²) in [5.74, 6) is 2.50. The Hall–Kier alpha value is -1.26. The lowest BCUT2D eigenvalue weighted by Crippen LogP contribution is -2.37. The first-order valence-electron chi connectivity index (χ1n) is 6.84. The van der Waals surface area contributed by atoms with Crippen molar-refractivity contribution in [2.45, 2.75) is 51.5 Å². The first-order chi connectivity index (χ1) is 8.58. The Morgan fingerprint density at radius 3 is 2.83 bits per heavy atom. The average molecular weight is 253 g/mol. The smallest absolute Gasteiger partial charge is 0.220 e. The Balaban J connectivity index is 1.72. The second-order valence-electron chi connectivity index (χ2n) is 5.90. The quantitative estimate of drug-likeness (QED) is 0.300. The number of oxime groups is 1. The van der Waals surface area contributed by atoms with E-state index in [0.29, 0.717) is 18.8 Å². The molecule has 2 rings (SSSR count). The van der Waals surface area contributed by atoms with Crippen LogP contribution in [0.2, 0.25) is 0 Å². The summed E-state index contributed by atoms with van der Waals surface area (Å²) in [7, 11) is 0. The van der Waals surface area contributed by atoms with E-state index in [0.717, 1.165) is 11.8 Å². The van der Waals surface area contributed by atoms with Crippen molar-refractivity contribution >= 4 is 11.7 Å². The lowest BCUT2D eigenvalue weighted by Gasteiger charge is -2.22. The minimum atomic E-state index is -0.0769. The predicted octanol–water partition coefficient (Wildman–Crippen LogP) is 1.45. The fourth-order valence-corrected chi connectivity index (χ4v) is 3.60. The van der Waals surface area contributed by atoms with Gasteiger partial charge in [-0.2, -0.15) is 0 Å². The molecule has 0 aromatic rings. The molecule has 2 aliphatic carbocycles. The maximum Gasteiger partial charge on any atom is 0.220 e. The Bertz CT molecular complexity index is 343. The molecule has 102 valence electrons. The molecule has 0 heterocycles. The molecule has 0 radical (unpaired) electrons. The average Bonchev–Trinajstić information content (AvgIpc) is 2.90. The monoisotopic (exact) mass is 253 g/mol. The highest BCUT2D eigenvalue weighted by atomic mass is 16.4. The number of nitrogens with one attached hydrogen (secondary N) is 1. The van der Waals surface area contributed by atoms with Crippen molar-refractivity contribution in [1.82, 2.24) is 5.32 Å². The van der Waals surface area contributed by atoms with E-state index >= 15 is 0 Å². The lowest BCUT2D eigenvalue weighted by atomic mass is 9.86. The Morgan fingerprint density at radius 2 is 2.28 bits per heavy atom. The van der Waals surface area contributed by atoms with Crippen molar-refractivity contribution in [2.24, 2.45) is 28.6 Å². The standard InChI is InChI=1S/C13H23N3O2/c1-8(4-12(14)16-18)15-13(17)7-11-6-9-2-3-10(11)5-9/h8-11,18H,2-7H2,1H3,(H2,14,16)(H,15,17). The molecule has 0 aromatic carbocycles. The van der Waals surface area contributed by atoms with E-state index in [2.05, 4.69) is 10.5 Å². The second kappa shape index (κ2) is 5.59. The van der Waals surface area contributed by atoms with Gasteiger partial charge >= 0.3 is 0 Å². The molecule has 0 saturated heterocycles. The molecule has 18 heavy (non-hydrogen) atoms. The van der Waals surface area contributed by atoms with Crippen LogP contribution in [0.25, 0.3) is 0 Å². The van der Waals surface area contributed by atoms with E-state index in [1.807, 2.05) is 6.92 Å². The molecular weight excluding hydrogens is 230 g/mol. The topological polar surface area (TPSA) is 87.7 Å². The minimum absolute atomic E-state index is 0.0769. The third kappa shape index (κ3) is 3.15. The first-order valence-corrected chi connectivity index (χ1v) is 6.84. The van der Waals surface area contributed by atoms with Crippen molar-refractivity contribution in [3.05, 3.63) is 0 Å². The number of nitrogens with zero attached hydrogens (tertiary/aromatic N) is 1. The maximum atomic E-state index is 11.9. The fourth-order valence-electron chi connectivity index (χ4n) is 3.60. The van der Waals surface area contributed by atoms with Gasteiger partial charge in [-0.3, -0.25) is 4.79 Å². The van der Waals surface area contributed by atoms with Gasteiger partial charge in [0, 0.05) is 18.9 Å². The SMILES string of the molecule is CC(CC(N)=NO)NC(=O)CC1CC2CCC1C2. The van der Waals surface area contributed by atoms with Gasteiger partial charge < -0.3 is 16.3 Å². The van der Waals surface area contributed by atoms with Gasteiger partial charge in [-0.15, -0.1) is 0 Å². The summed E-state index contributed by atoms with van der Waals surface area (Å²) in [5.41, 5.74) is 5.41. The van der Waals surface area contributed by atoms with Crippen LogP contribution in [0.3, 0.4) is 0 Å². The van der Waals surface area contributed by atoms with Gasteiger partial charge in [0.15, 0.2) is 0 Å². The number of amides is 1. The molecule has 4 atom stereocenters. The van der Waals surface area contributed by atoms with Gasteiger partial charge in [0.05, 0.1) is 0 Å². The lowest BCUT2D eigenvalue weighted by molar-refractivity contribution is -0.122. The second-order valence-corrected chi connectivity index (χ2v) is 5.90. The number of fused-ring (bicyclic) bond motifs is 2. The molecule has 2 bridgehead atoms. The molecule has 2 aliphatic rings. The number of carbonyl (C=O) groups is 1. The Labute approximate surface area is 108 Å². The Kier molecular flexibility index (Phi) is 4.09. The maximum absolute atomic E-state index is 11.9. The summed E-state index contributed by atoms with van der Waals surface area (Å²) < 4.78 is 0. The van der Waals surface area contributed by atoms with Crippen LogP contribution in [-0.2, 0) is 4.79 Å². The summed E-state index contributed by atoms with van der Waals surface area (Å²) >= 11 is 0. The molecule has 0 aliphatic heterocycles. The van der Waals surface area contributed by atoms with Crippen LogP contribution in [0.15, 0.2) is 5.16 Å².